The molecule has 352 valence electrons. The van der Waals surface area contributed by atoms with Crippen LogP contribution in [0.4, 0.5) is 0 Å². The summed E-state index contributed by atoms with van der Waals surface area (Å²) >= 11 is 0. The summed E-state index contributed by atoms with van der Waals surface area (Å²) in [5.74, 6) is -37.8. The lowest BCUT2D eigenvalue weighted by molar-refractivity contribution is -0.274. The first-order valence-corrected chi connectivity index (χ1v) is 18.8. The molecule has 5 aliphatic heterocycles. The number of fused-ring (bicyclic) bond motifs is 7. The number of rotatable bonds is 0. The number of hydrogen-bond acceptors (Lipinski definition) is 27. The number of hydrogen-bond donors (Lipinski definition) is 17. The largest absolute Gasteiger partial charge is 0.504 e. The van der Waals surface area contributed by atoms with E-state index in [-0.39, 0.29) is 12.1 Å². The van der Waals surface area contributed by atoms with E-state index in [4.69, 9.17) is 23.7 Å². The van der Waals surface area contributed by atoms with Crippen LogP contribution in [0.3, 0.4) is 0 Å². The van der Waals surface area contributed by atoms with Gasteiger partial charge in [0.25, 0.3) is 0 Å². The zero-order valence-corrected chi connectivity index (χ0v) is 32.9. The zero-order valence-electron chi connectivity index (χ0n) is 32.9. The Balaban J connectivity index is 1.45. The van der Waals surface area contributed by atoms with Crippen LogP contribution in [0.5, 0.6) is 86.2 Å². The van der Waals surface area contributed by atoms with Crippen LogP contribution in [0.25, 0.3) is 33.4 Å². The lowest BCUT2D eigenvalue weighted by atomic mass is 9.79. The third-order valence-electron chi connectivity index (χ3n) is 11.5. The summed E-state index contributed by atoms with van der Waals surface area (Å²) in [7, 11) is 0. The van der Waals surface area contributed by atoms with Gasteiger partial charge in [0.1, 0.15) is 6.61 Å². The van der Waals surface area contributed by atoms with E-state index in [9.17, 15) is 106 Å². The van der Waals surface area contributed by atoms with Crippen molar-refractivity contribution in [3.63, 3.8) is 0 Å². The Bertz CT molecular complexity index is 3240. The topological polar surface area (TPSA) is 475 Å². The molecule has 0 amide bonds. The van der Waals surface area contributed by atoms with E-state index in [1.165, 1.54) is 0 Å². The minimum absolute atomic E-state index is 0.284. The molecule has 10 rings (SSSR count). The highest BCUT2D eigenvalue weighted by Gasteiger charge is 2.61. The molecule has 0 spiro atoms. The van der Waals surface area contributed by atoms with E-state index in [2.05, 4.69) is 0 Å². The molecular weight excluding hydrogens is 924 g/mol. The van der Waals surface area contributed by atoms with Crippen molar-refractivity contribution >= 4 is 29.8 Å². The van der Waals surface area contributed by atoms with E-state index >= 15 is 4.79 Å². The van der Waals surface area contributed by atoms with E-state index in [0.29, 0.717) is 6.07 Å². The van der Waals surface area contributed by atoms with E-state index in [1.807, 2.05) is 0 Å². The van der Waals surface area contributed by atoms with Crippen LogP contribution < -0.4 is 0 Å². The van der Waals surface area contributed by atoms with Crippen molar-refractivity contribution in [1.29, 1.82) is 0 Å². The molecule has 27 nitrogen and oxygen atoms in total. The number of cyclic esters (lactones) is 1. The van der Waals surface area contributed by atoms with Crippen molar-refractivity contribution < 1.29 is 134 Å². The highest BCUT2D eigenvalue weighted by atomic mass is 16.7. The van der Waals surface area contributed by atoms with Gasteiger partial charge in [0.2, 0.25) is 40.6 Å². The van der Waals surface area contributed by atoms with Crippen LogP contribution in [-0.2, 0) is 29.5 Å². The molecule has 0 unspecified atom stereocenters. The Morgan fingerprint density at radius 3 is 1.24 bits per heavy atom. The average molecular weight is 951 g/mol. The summed E-state index contributed by atoms with van der Waals surface area (Å²) in [5.41, 5.74) is -16.4. The first-order chi connectivity index (χ1) is 31.8. The Hall–Kier alpha value is -9.63. The van der Waals surface area contributed by atoms with Crippen molar-refractivity contribution in [3.05, 3.63) is 51.6 Å². The number of esters is 5. The van der Waals surface area contributed by atoms with E-state index in [1.54, 1.807) is 0 Å². The summed E-state index contributed by atoms with van der Waals surface area (Å²) in [6.45, 7) is -1.60. The fraction of sp³-hybridized carbons (Fsp3) is 0.146. The van der Waals surface area contributed by atoms with Crippen molar-refractivity contribution in [2.24, 2.45) is 0 Å². The van der Waals surface area contributed by atoms with Gasteiger partial charge in [0.05, 0.1) is 33.4 Å². The van der Waals surface area contributed by atoms with Gasteiger partial charge >= 0.3 is 29.8 Å². The normalized spacial score (nSPS) is 20.1. The molecule has 0 aliphatic carbocycles. The van der Waals surface area contributed by atoms with Gasteiger partial charge in [-0.15, -0.1) is 0 Å². The number of carbonyl (C=O) groups is 5. The van der Waals surface area contributed by atoms with Crippen molar-refractivity contribution in [1.82, 2.24) is 0 Å². The molecule has 0 saturated heterocycles. The zero-order chi connectivity index (χ0) is 49.6. The number of aromatic hydroxyl groups is 15. The Morgan fingerprint density at radius 1 is 0.368 bits per heavy atom. The first-order valence-electron chi connectivity index (χ1n) is 18.8. The second-order valence-corrected chi connectivity index (χ2v) is 15.2. The van der Waals surface area contributed by atoms with Gasteiger partial charge in [-0.2, -0.15) is 0 Å². The molecule has 0 fully saturated rings. The minimum Gasteiger partial charge on any atom is -0.504 e. The van der Waals surface area contributed by atoms with Crippen LogP contribution in [-0.4, -0.2) is 148 Å². The molecule has 0 saturated carbocycles. The van der Waals surface area contributed by atoms with Crippen LogP contribution in [0, 0.1) is 0 Å². The number of carbonyl (C=O) groups excluding carboxylic acids is 5. The molecular formula is C41H26O27. The average Bonchev–Trinajstić information content (AvgIpc) is 3.30. The van der Waals surface area contributed by atoms with Gasteiger partial charge in [-0.1, -0.05) is 0 Å². The SMILES string of the molecule is O=C1OC[C@H]2OC(=O)c3cc(O)c(O)c(O)c3-c3c(O)c(O)c(O)c4c3C(=O)O[C@@H]([C@@H]2OC(=O)c2cc(O)c(O)c(O)c2-c2c1cc(O)c(O)c2O)[C@H]1OC(=O)c2c-4c(O)c(O)c(O)c2C1(O)O. The lowest BCUT2D eigenvalue weighted by Gasteiger charge is -2.44. The maximum absolute atomic E-state index is 15.0. The summed E-state index contributed by atoms with van der Waals surface area (Å²) in [4.78, 5) is 72.5. The number of aliphatic hydroxyl groups is 2. The van der Waals surface area contributed by atoms with Crippen LogP contribution in [0.2, 0.25) is 0 Å². The summed E-state index contributed by atoms with van der Waals surface area (Å²) in [5, 5.41) is 189. The monoisotopic (exact) mass is 950 g/mol. The summed E-state index contributed by atoms with van der Waals surface area (Å²) in [6.07, 6.45) is -11.9. The third kappa shape index (κ3) is 5.62. The van der Waals surface area contributed by atoms with Gasteiger partial charge in [-0.05, 0) is 18.2 Å². The Labute approximate surface area is 372 Å². The van der Waals surface area contributed by atoms with Crippen molar-refractivity contribution in [2.45, 2.75) is 30.2 Å². The molecule has 5 heterocycles. The Morgan fingerprint density at radius 2 is 0.735 bits per heavy atom. The highest BCUT2D eigenvalue weighted by Crippen LogP contribution is 2.62. The highest BCUT2D eigenvalue weighted by molar-refractivity contribution is 6.16. The molecule has 27 heteroatoms. The predicted octanol–water partition coefficient (Wildman–Crippen LogP) is 0.422. The van der Waals surface area contributed by atoms with Crippen LogP contribution >= 0.6 is 0 Å². The Kier molecular flexibility index (Phi) is 9.10. The molecule has 6 bridgehead atoms. The number of phenolic OH excluding ortho intramolecular Hbond substituents is 15. The molecule has 5 aromatic rings. The molecule has 5 aliphatic rings. The number of ether oxygens (including phenoxy) is 5. The second-order valence-electron chi connectivity index (χ2n) is 15.2. The lowest BCUT2D eigenvalue weighted by Crippen LogP contribution is -2.61. The fourth-order valence-corrected chi connectivity index (χ4v) is 8.45. The smallest absolute Gasteiger partial charge is 0.340 e. The standard InChI is InChI=1S/C41H26O27/c42-8-1-5-12(24(48)21(8)45)13-6(2-9(43)22(46)25(13)49)38(59)66-33-11(4-64-36(5)57)65-37(58)7-3-10(44)23(47)26(50)14(7)15-18-16(28(52)31(55)27(15)51)17-19-20(30(54)32(56)29(17)53)41(62,63)35(68-40(19)61)34(33)67-39(18)60/h1-3,11,33-35,42-56,62-63H,4H2/t11-,33-,34+,35-/m1/s1. The van der Waals surface area contributed by atoms with Gasteiger partial charge < -0.3 is 110 Å². The van der Waals surface area contributed by atoms with Crippen LogP contribution in [0.1, 0.15) is 57.4 Å². The fourth-order valence-electron chi connectivity index (χ4n) is 8.45. The van der Waals surface area contributed by atoms with Crippen molar-refractivity contribution in [3.8, 4) is 120 Å². The molecule has 0 aromatic heterocycles. The minimum atomic E-state index is -4.15. The van der Waals surface area contributed by atoms with Gasteiger partial charge in [0, 0.05) is 33.4 Å². The number of phenols is 15. The predicted molar refractivity (Wildman–Crippen MR) is 207 cm³/mol. The quantitative estimate of drug-likeness (QED) is 0.0433. The van der Waals surface area contributed by atoms with E-state index < -0.39 is 220 Å². The maximum Gasteiger partial charge on any atom is 0.340 e. The van der Waals surface area contributed by atoms with Crippen molar-refractivity contribution in [2.75, 3.05) is 6.61 Å². The molecule has 68 heavy (non-hydrogen) atoms. The van der Waals surface area contributed by atoms with Gasteiger partial charge in [-0.25, -0.2) is 24.0 Å². The first kappa shape index (κ1) is 43.6. The van der Waals surface area contributed by atoms with Gasteiger partial charge in [-0.3, -0.25) is 0 Å². The molecule has 0 radical (unpaired) electrons. The summed E-state index contributed by atoms with van der Waals surface area (Å²) < 4.78 is 27.4. The van der Waals surface area contributed by atoms with Gasteiger partial charge in [0.15, 0.2) is 75.8 Å². The molecule has 17 N–H and O–H groups in total. The molecule has 5 aromatic carbocycles. The van der Waals surface area contributed by atoms with Crippen LogP contribution in [0.15, 0.2) is 18.2 Å². The summed E-state index contributed by atoms with van der Waals surface area (Å²) in [6, 6.07) is 0.955. The number of benzene rings is 5. The molecule has 4 atom stereocenters. The third-order valence-corrected chi connectivity index (χ3v) is 11.5. The second kappa shape index (κ2) is 14.2. The maximum atomic E-state index is 15.0. The van der Waals surface area contributed by atoms with E-state index in [0.717, 1.165) is 0 Å².